The second-order valence-corrected chi connectivity index (χ2v) is 5.17. The molecule has 1 heterocycles. The number of rotatable bonds is 3. The summed E-state index contributed by atoms with van der Waals surface area (Å²) in [6.07, 6.45) is 10.3. The summed E-state index contributed by atoms with van der Waals surface area (Å²) in [6.45, 7) is 4.62. The molecule has 0 radical (unpaired) electrons. The molecule has 1 atom stereocenters. The maximum Gasteiger partial charge on any atom is 0.157 e. The molecule has 1 saturated heterocycles. The molecule has 16 heavy (non-hydrogen) atoms. The quantitative estimate of drug-likeness (QED) is 0.729. The molecule has 0 aromatic heterocycles. The van der Waals surface area contributed by atoms with Crippen molar-refractivity contribution in [3.8, 4) is 0 Å². The van der Waals surface area contributed by atoms with Crippen LogP contribution in [0.5, 0.6) is 0 Å². The lowest BCUT2D eigenvalue weighted by molar-refractivity contribution is -0.114. The molecule has 2 heteroatoms. The highest BCUT2D eigenvalue weighted by molar-refractivity contribution is 5.92. The van der Waals surface area contributed by atoms with Crippen LogP contribution in [0, 0.1) is 5.92 Å². The van der Waals surface area contributed by atoms with E-state index in [0.29, 0.717) is 5.78 Å². The van der Waals surface area contributed by atoms with Crippen LogP contribution in [0.4, 0.5) is 0 Å². The second kappa shape index (κ2) is 5.51. The summed E-state index contributed by atoms with van der Waals surface area (Å²) in [6, 6.07) is 0. The minimum Gasteiger partial charge on any atom is -0.375 e. The number of carbonyl (C=O) groups excluding carboxylic acids is 1. The molecular weight excluding hydrogens is 198 g/mol. The summed E-state index contributed by atoms with van der Waals surface area (Å²) in [5, 5.41) is 0. The van der Waals surface area contributed by atoms with Crippen molar-refractivity contribution < 1.29 is 4.79 Å². The molecular formula is C14H23NO. The normalized spacial score (nSPS) is 26.8. The predicted molar refractivity (Wildman–Crippen MR) is 66.1 cm³/mol. The van der Waals surface area contributed by atoms with Crippen molar-refractivity contribution in [1.82, 2.24) is 4.90 Å². The number of hydrogen-bond acceptors (Lipinski definition) is 2. The number of likely N-dealkylation sites (tertiary alicyclic amines) is 1. The van der Waals surface area contributed by atoms with E-state index in [9.17, 15) is 4.79 Å². The fourth-order valence-corrected chi connectivity index (χ4v) is 2.98. The number of ketones is 1. The van der Waals surface area contributed by atoms with Crippen LogP contribution in [0.15, 0.2) is 11.8 Å². The van der Waals surface area contributed by atoms with Crippen LogP contribution in [0.25, 0.3) is 0 Å². The van der Waals surface area contributed by atoms with E-state index in [1.807, 2.05) is 6.08 Å². The molecule has 2 nitrogen and oxygen atoms in total. The first-order chi connectivity index (χ1) is 7.79. The molecule has 1 aliphatic carbocycles. The third-order valence-electron chi connectivity index (χ3n) is 3.91. The molecule has 1 aliphatic heterocycles. The van der Waals surface area contributed by atoms with Crippen molar-refractivity contribution in [1.29, 1.82) is 0 Å². The van der Waals surface area contributed by atoms with Crippen LogP contribution in [0.2, 0.25) is 0 Å². The summed E-state index contributed by atoms with van der Waals surface area (Å²) in [4.78, 5) is 13.7. The van der Waals surface area contributed by atoms with Crippen LogP contribution in [-0.2, 0) is 4.79 Å². The lowest BCUT2D eigenvalue weighted by atomic mass is 9.96. The van der Waals surface area contributed by atoms with E-state index >= 15 is 0 Å². The average molecular weight is 221 g/mol. The summed E-state index contributed by atoms with van der Waals surface area (Å²) in [5.74, 6) is 1.25. The molecule has 2 rings (SSSR count). The minimum absolute atomic E-state index is 0.323. The Morgan fingerprint density at radius 3 is 2.88 bits per heavy atom. The van der Waals surface area contributed by atoms with E-state index in [4.69, 9.17) is 0 Å². The lowest BCUT2D eigenvalue weighted by Crippen LogP contribution is -2.23. The first-order valence-electron chi connectivity index (χ1n) is 6.78. The van der Waals surface area contributed by atoms with Gasteiger partial charge in [-0.15, -0.1) is 0 Å². The zero-order valence-electron chi connectivity index (χ0n) is 10.4. The van der Waals surface area contributed by atoms with Crippen LogP contribution in [-0.4, -0.2) is 23.8 Å². The Kier molecular flexibility index (Phi) is 4.03. The van der Waals surface area contributed by atoms with E-state index in [1.165, 1.54) is 50.9 Å². The third kappa shape index (κ3) is 2.87. The van der Waals surface area contributed by atoms with Crippen molar-refractivity contribution in [2.45, 2.75) is 51.9 Å². The van der Waals surface area contributed by atoms with Gasteiger partial charge in [-0.05, 0) is 31.6 Å². The smallest absolute Gasteiger partial charge is 0.157 e. The number of allylic oxidation sites excluding steroid dienone is 2. The predicted octanol–water partition coefficient (Wildman–Crippen LogP) is 3.14. The molecule has 0 N–H and O–H groups in total. The van der Waals surface area contributed by atoms with Gasteiger partial charge in [0.05, 0.1) is 0 Å². The maximum absolute atomic E-state index is 11.2. The van der Waals surface area contributed by atoms with Gasteiger partial charge in [-0.1, -0.05) is 19.8 Å². The standard InChI is InChI=1S/C14H23NO/c1-2-4-12-5-3-9-15(10-8-12)13-6-7-14(16)11-13/h11-12H,2-10H2,1H3. The zero-order valence-corrected chi connectivity index (χ0v) is 10.4. The van der Waals surface area contributed by atoms with E-state index in [2.05, 4.69) is 11.8 Å². The Labute approximate surface area is 98.7 Å². The van der Waals surface area contributed by atoms with E-state index < -0.39 is 0 Å². The largest absolute Gasteiger partial charge is 0.375 e. The van der Waals surface area contributed by atoms with E-state index in [1.54, 1.807) is 0 Å². The summed E-state index contributed by atoms with van der Waals surface area (Å²) >= 11 is 0. The molecule has 0 aromatic carbocycles. The fourth-order valence-electron chi connectivity index (χ4n) is 2.98. The molecule has 2 aliphatic rings. The lowest BCUT2D eigenvalue weighted by Gasteiger charge is -2.23. The Morgan fingerprint density at radius 2 is 2.19 bits per heavy atom. The van der Waals surface area contributed by atoms with Gasteiger partial charge in [0.2, 0.25) is 0 Å². The molecule has 0 amide bonds. The van der Waals surface area contributed by atoms with Crippen molar-refractivity contribution in [2.75, 3.05) is 13.1 Å². The van der Waals surface area contributed by atoms with Gasteiger partial charge in [-0.3, -0.25) is 4.79 Å². The van der Waals surface area contributed by atoms with Crippen LogP contribution >= 0.6 is 0 Å². The highest BCUT2D eigenvalue weighted by Gasteiger charge is 2.21. The Balaban J connectivity index is 1.89. The van der Waals surface area contributed by atoms with Crippen LogP contribution in [0.1, 0.15) is 51.9 Å². The van der Waals surface area contributed by atoms with Gasteiger partial charge in [-0.2, -0.15) is 0 Å². The van der Waals surface area contributed by atoms with Gasteiger partial charge in [-0.25, -0.2) is 0 Å². The monoisotopic (exact) mass is 221 g/mol. The summed E-state index contributed by atoms with van der Waals surface area (Å²) in [7, 11) is 0. The Morgan fingerprint density at radius 1 is 1.31 bits per heavy atom. The van der Waals surface area contributed by atoms with Gasteiger partial charge in [0.1, 0.15) is 0 Å². The van der Waals surface area contributed by atoms with Crippen molar-refractivity contribution in [2.24, 2.45) is 5.92 Å². The van der Waals surface area contributed by atoms with Gasteiger partial charge in [0, 0.05) is 31.3 Å². The molecule has 90 valence electrons. The van der Waals surface area contributed by atoms with Crippen molar-refractivity contribution in [3.05, 3.63) is 11.8 Å². The van der Waals surface area contributed by atoms with E-state index in [0.717, 1.165) is 18.8 Å². The average Bonchev–Trinajstić information content (AvgIpc) is 2.57. The fraction of sp³-hybridized carbons (Fsp3) is 0.786. The maximum atomic E-state index is 11.2. The molecule has 0 aromatic rings. The number of nitrogens with zero attached hydrogens (tertiary/aromatic N) is 1. The highest BCUT2D eigenvalue weighted by Crippen LogP contribution is 2.27. The first-order valence-corrected chi connectivity index (χ1v) is 6.78. The number of carbonyl (C=O) groups is 1. The summed E-state index contributed by atoms with van der Waals surface area (Å²) in [5.41, 5.74) is 1.31. The first kappa shape index (κ1) is 11.7. The molecule has 0 spiro atoms. The SMILES string of the molecule is CCCC1CCCN(C2=CC(=O)CC2)CC1. The molecule has 1 unspecified atom stereocenters. The highest BCUT2D eigenvalue weighted by atomic mass is 16.1. The van der Waals surface area contributed by atoms with Gasteiger partial charge in [0.25, 0.3) is 0 Å². The van der Waals surface area contributed by atoms with Gasteiger partial charge in [0.15, 0.2) is 5.78 Å². The second-order valence-electron chi connectivity index (χ2n) is 5.17. The zero-order chi connectivity index (χ0) is 11.4. The topological polar surface area (TPSA) is 20.3 Å². The molecule has 1 fully saturated rings. The van der Waals surface area contributed by atoms with Gasteiger partial charge >= 0.3 is 0 Å². The Hall–Kier alpha value is -0.790. The molecule has 0 bridgehead atoms. The third-order valence-corrected chi connectivity index (χ3v) is 3.91. The Bertz CT molecular complexity index is 282. The molecule has 0 saturated carbocycles. The van der Waals surface area contributed by atoms with Crippen LogP contribution < -0.4 is 0 Å². The van der Waals surface area contributed by atoms with Gasteiger partial charge < -0.3 is 4.90 Å². The summed E-state index contributed by atoms with van der Waals surface area (Å²) < 4.78 is 0. The number of hydrogen-bond donors (Lipinski definition) is 0. The minimum atomic E-state index is 0.323. The van der Waals surface area contributed by atoms with E-state index in [-0.39, 0.29) is 0 Å². The van der Waals surface area contributed by atoms with Crippen molar-refractivity contribution in [3.63, 3.8) is 0 Å². The van der Waals surface area contributed by atoms with Crippen molar-refractivity contribution >= 4 is 5.78 Å². The van der Waals surface area contributed by atoms with Crippen LogP contribution in [0.3, 0.4) is 0 Å².